The van der Waals surface area contributed by atoms with E-state index in [1.165, 1.54) is 9.47 Å². The molecule has 1 saturated carbocycles. The van der Waals surface area contributed by atoms with Crippen molar-refractivity contribution in [2.45, 2.75) is 45.4 Å². The van der Waals surface area contributed by atoms with Crippen LogP contribution in [-0.2, 0) is 16.1 Å². The number of fused-ring (bicyclic) bond motifs is 1. The fraction of sp³-hybridized carbons (Fsp3) is 0.379. The standard InChI is InChI=1S/C29H33N5O5/c1-4-19-6-5-7-21(14-19)30-26(35)25-17-32(12-13-39-25)28(37)31-22-10-11-24-23(15-22)27(36)33(16-20-8-9-20)29(38)34(24)18(2)3/h4-7,10-11,14-15,18,20,25H,1,8-9,12-13,16-17H2,2-3H3,(H,30,35)(H,31,37). The van der Waals surface area contributed by atoms with Crippen LogP contribution in [0.1, 0.15) is 38.3 Å². The molecule has 3 amide bonds. The molecule has 2 fully saturated rings. The predicted molar refractivity (Wildman–Crippen MR) is 151 cm³/mol. The minimum Gasteiger partial charge on any atom is -0.365 e. The van der Waals surface area contributed by atoms with E-state index >= 15 is 0 Å². The molecule has 39 heavy (non-hydrogen) atoms. The molecule has 10 nitrogen and oxygen atoms in total. The number of amides is 3. The Morgan fingerprint density at radius 3 is 2.59 bits per heavy atom. The van der Waals surface area contributed by atoms with Gasteiger partial charge in [0.2, 0.25) is 0 Å². The van der Waals surface area contributed by atoms with Crippen LogP contribution < -0.4 is 21.9 Å². The van der Waals surface area contributed by atoms with Gasteiger partial charge in [-0.15, -0.1) is 0 Å². The van der Waals surface area contributed by atoms with Crippen molar-refractivity contribution in [1.29, 1.82) is 0 Å². The molecule has 5 rings (SSSR count). The Labute approximate surface area is 225 Å². The number of rotatable bonds is 7. The molecule has 10 heteroatoms. The molecule has 204 valence electrons. The quantitative estimate of drug-likeness (QED) is 0.483. The van der Waals surface area contributed by atoms with E-state index in [9.17, 15) is 19.2 Å². The summed E-state index contributed by atoms with van der Waals surface area (Å²) >= 11 is 0. The Kier molecular flexibility index (Phi) is 7.38. The van der Waals surface area contributed by atoms with Crippen LogP contribution in [-0.4, -0.2) is 51.8 Å². The van der Waals surface area contributed by atoms with Gasteiger partial charge in [-0.2, -0.15) is 0 Å². The lowest BCUT2D eigenvalue weighted by Crippen LogP contribution is -2.51. The van der Waals surface area contributed by atoms with E-state index in [1.807, 2.05) is 26.0 Å². The van der Waals surface area contributed by atoms with Crippen molar-refractivity contribution in [3.05, 3.63) is 75.4 Å². The van der Waals surface area contributed by atoms with E-state index in [4.69, 9.17) is 4.74 Å². The number of ether oxygens (including phenoxy) is 1. The number of carbonyl (C=O) groups excluding carboxylic acids is 2. The molecule has 2 heterocycles. The number of nitrogens with zero attached hydrogens (tertiary/aromatic N) is 3. The van der Waals surface area contributed by atoms with Gasteiger partial charge in [0.05, 0.1) is 24.1 Å². The van der Waals surface area contributed by atoms with Crippen molar-refractivity contribution in [3.8, 4) is 0 Å². The molecular weight excluding hydrogens is 498 g/mol. The maximum absolute atomic E-state index is 13.3. The summed E-state index contributed by atoms with van der Waals surface area (Å²) in [5, 5.41) is 6.05. The zero-order valence-corrected chi connectivity index (χ0v) is 22.2. The van der Waals surface area contributed by atoms with Gasteiger partial charge < -0.3 is 20.3 Å². The highest BCUT2D eigenvalue weighted by Gasteiger charge is 2.30. The van der Waals surface area contributed by atoms with Gasteiger partial charge in [-0.3, -0.25) is 18.7 Å². The Balaban J connectivity index is 1.33. The fourth-order valence-corrected chi connectivity index (χ4v) is 4.84. The molecule has 2 N–H and O–H groups in total. The van der Waals surface area contributed by atoms with E-state index in [0.29, 0.717) is 41.3 Å². The smallest absolute Gasteiger partial charge is 0.331 e. The molecule has 2 aromatic carbocycles. The Hall–Kier alpha value is -4.18. The van der Waals surface area contributed by atoms with E-state index in [2.05, 4.69) is 17.2 Å². The highest BCUT2D eigenvalue weighted by molar-refractivity contribution is 5.96. The average Bonchev–Trinajstić information content (AvgIpc) is 3.75. The third kappa shape index (κ3) is 5.65. The SMILES string of the molecule is C=Cc1cccc(NC(=O)C2CN(C(=O)Nc3ccc4c(c3)c(=O)n(CC3CC3)c(=O)n4C(C)C)CCO2)c1. The van der Waals surface area contributed by atoms with Crippen LogP contribution in [0.5, 0.6) is 0 Å². The number of morpholine rings is 1. The van der Waals surface area contributed by atoms with E-state index in [1.54, 1.807) is 41.0 Å². The molecular formula is C29H33N5O5. The van der Waals surface area contributed by atoms with Gasteiger partial charge in [-0.1, -0.05) is 24.8 Å². The van der Waals surface area contributed by atoms with E-state index < -0.39 is 12.1 Å². The first kappa shape index (κ1) is 26.4. The number of hydrogen-bond donors (Lipinski definition) is 2. The molecule has 0 radical (unpaired) electrons. The molecule has 1 unspecified atom stereocenters. The fourth-order valence-electron chi connectivity index (χ4n) is 4.84. The van der Waals surface area contributed by atoms with Gasteiger partial charge >= 0.3 is 11.7 Å². The van der Waals surface area contributed by atoms with Gasteiger partial charge in [0.1, 0.15) is 0 Å². The monoisotopic (exact) mass is 531 g/mol. The summed E-state index contributed by atoms with van der Waals surface area (Å²) < 4.78 is 8.59. The van der Waals surface area contributed by atoms with Crippen molar-refractivity contribution in [2.24, 2.45) is 5.92 Å². The first-order chi connectivity index (χ1) is 18.7. The second kappa shape index (κ2) is 10.9. The first-order valence-corrected chi connectivity index (χ1v) is 13.2. The lowest BCUT2D eigenvalue weighted by molar-refractivity contribution is -0.131. The van der Waals surface area contributed by atoms with Crippen LogP contribution in [0, 0.1) is 5.92 Å². The molecule has 1 aliphatic carbocycles. The van der Waals surface area contributed by atoms with Crippen LogP contribution in [0.4, 0.5) is 16.2 Å². The van der Waals surface area contributed by atoms with Crippen molar-refractivity contribution < 1.29 is 14.3 Å². The lowest BCUT2D eigenvalue weighted by Gasteiger charge is -2.32. The average molecular weight is 532 g/mol. The number of benzene rings is 2. The van der Waals surface area contributed by atoms with Gasteiger partial charge in [-0.05, 0) is 68.5 Å². The molecule has 0 bridgehead atoms. The maximum atomic E-state index is 13.3. The number of anilines is 2. The number of carbonyl (C=O) groups is 2. The van der Waals surface area contributed by atoms with Gasteiger partial charge in [0.25, 0.3) is 11.5 Å². The number of urea groups is 1. The zero-order chi connectivity index (χ0) is 27.7. The van der Waals surface area contributed by atoms with Gasteiger partial charge in [0, 0.05) is 30.5 Å². The molecule has 1 aliphatic heterocycles. The van der Waals surface area contributed by atoms with Crippen molar-refractivity contribution in [1.82, 2.24) is 14.0 Å². The van der Waals surface area contributed by atoms with Gasteiger partial charge in [0.15, 0.2) is 6.10 Å². The molecule has 1 atom stereocenters. The highest BCUT2D eigenvalue weighted by atomic mass is 16.5. The Morgan fingerprint density at radius 2 is 1.87 bits per heavy atom. The predicted octanol–water partition coefficient (Wildman–Crippen LogP) is 3.67. The summed E-state index contributed by atoms with van der Waals surface area (Å²) in [5.41, 5.74) is 1.81. The molecule has 1 saturated heterocycles. The largest absolute Gasteiger partial charge is 0.365 e. The summed E-state index contributed by atoms with van der Waals surface area (Å²) in [4.78, 5) is 53.9. The third-order valence-corrected chi connectivity index (χ3v) is 7.11. The molecule has 3 aromatic rings. The van der Waals surface area contributed by atoms with Gasteiger partial charge in [-0.25, -0.2) is 9.59 Å². The normalized spacial score (nSPS) is 17.3. The Morgan fingerprint density at radius 1 is 1.10 bits per heavy atom. The van der Waals surface area contributed by atoms with Crippen LogP contribution in [0.2, 0.25) is 0 Å². The maximum Gasteiger partial charge on any atom is 0.331 e. The second-order valence-electron chi connectivity index (χ2n) is 10.4. The van der Waals surface area contributed by atoms with Crippen molar-refractivity contribution in [2.75, 3.05) is 30.3 Å². The second-order valence-corrected chi connectivity index (χ2v) is 10.4. The van der Waals surface area contributed by atoms with E-state index in [-0.39, 0.29) is 36.3 Å². The van der Waals surface area contributed by atoms with Crippen LogP contribution >= 0.6 is 0 Å². The molecule has 0 spiro atoms. The minimum absolute atomic E-state index is 0.0769. The summed E-state index contributed by atoms with van der Waals surface area (Å²) in [6.07, 6.45) is 2.89. The number of nitrogens with one attached hydrogen (secondary N) is 2. The molecule has 1 aromatic heterocycles. The number of aromatic nitrogens is 2. The summed E-state index contributed by atoms with van der Waals surface area (Å²) in [6, 6.07) is 11.7. The third-order valence-electron chi connectivity index (χ3n) is 7.11. The molecule has 2 aliphatic rings. The van der Waals surface area contributed by atoms with Crippen LogP contribution in [0.15, 0.2) is 58.6 Å². The van der Waals surface area contributed by atoms with Crippen LogP contribution in [0.25, 0.3) is 17.0 Å². The lowest BCUT2D eigenvalue weighted by atomic mass is 10.2. The van der Waals surface area contributed by atoms with Crippen molar-refractivity contribution >= 4 is 40.3 Å². The van der Waals surface area contributed by atoms with Crippen molar-refractivity contribution in [3.63, 3.8) is 0 Å². The Bertz CT molecular complexity index is 1550. The first-order valence-electron chi connectivity index (χ1n) is 13.2. The number of hydrogen-bond acceptors (Lipinski definition) is 5. The zero-order valence-electron chi connectivity index (χ0n) is 22.2. The summed E-state index contributed by atoms with van der Waals surface area (Å²) in [7, 11) is 0. The van der Waals surface area contributed by atoms with E-state index in [0.717, 1.165) is 18.4 Å². The van der Waals surface area contributed by atoms with Crippen LogP contribution in [0.3, 0.4) is 0 Å². The highest BCUT2D eigenvalue weighted by Crippen LogP contribution is 2.30. The summed E-state index contributed by atoms with van der Waals surface area (Å²) in [6.45, 7) is 8.56. The summed E-state index contributed by atoms with van der Waals surface area (Å²) in [5.74, 6) is 0.0102. The topological polar surface area (TPSA) is 115 Å². The minimum atomic E-state index is -0.830.